The van der Waals surface area contributed by atoms with Crippen LogP contribution in [0.4, 0.5) is 0 Å². The Hall–Kier alpha value is -1.10. The van der Waals surface area contributed by atoms with Crippen LogP contribution in [0.5, 0.6) is 0 Å². The molecule has 4 nitrogen and oxygen atoms in total. The molecule has 1 N–H and O–H groups in total. The van der Waals surface area contributed by atoms with E-state index in [-0.39, 0.29) is 0 Å². The number of nitrogens with zero attached hydrogens (tertiary/aromatic N) is 3. The third-order valence-electron chi connectivity index (χ3n) is 3.05. The zero-order valence-electron chi connectivity index (χ0n) is 11.3. The summed E-state index contributed by atoms with van der Waals surface area (Å²) in [4.78, 5) is 4.19. The average Bonchev–Trinajstić information content (AvgIpc) is 2.82. The smallest absolute Gasteiger partial charge is 0.138 e. The first-order chi connectivity index (χ1) is 9.61. The maximum Gasteiger partial charge on any atom is 0.138 e. The fraction of sp³-hybridized carbons (Fsp3) is 0.429. The molecule has 0 amide bonds. The summed E-state index contributed by atoms with van der Waals surface area (Å²) in [5.41, 5.74) is 0.768. The summed E-state index contributed by atoms with van der Waals surface area (Å²) < 4.78 is 1.82. The van der Waals surface area contributed by atoms with Gasteiger partial charge in [-0.2, -0.15) is 5.10 Å². The SMILES string of the molecule is CCCn1ncnc1CC(O)Cc1c(Cl)cccc1Cl. The number of aliphatic hydroxyl groups excluding tert-OH is 1. The molecule has 0 aliphatic rings. The minimum atomic E-state index is -0.591. The Morgan fingerprint density at radius 3 is 2.60 bits per heavy atom. The molecule has 0 spiro atoms. The van der Waals surface area contributed by atoms with Crippen LogP contribution < -0.4 is 0 Å². The minimum absolute atomic E-state index is 0.400. The molecule has 0 bridgehead atoms. The third-order valence-corrected chi connectivity index (χ3v) is 3.76. The number of halogens is 2. The Morgan fingerprint density at radius 2 is 1.95 bits per heavy atom. The van der Waals surface area contributed by atoms with Gasteiger partial charge in [-0.05, 0) is 24.1 Å². The van der Waals surface area contributed by atoms with Crippen LogP contribution in [0.15, 0.2) is 24.5 Å². The van der Waals surface area contributed by atoms with Crippen LogP contribution >= 0.6 is 23.2 Å². The van der Waals surface area contributed by atoms with Crippen LogP contribution in [0.3, 0.4) is 0 Å². The van der Waals surface area contributed by atoms with E-state index in [1.807, 2.05) is 4.68 Å². The molecule has 1 unspecified atom stereocenters. The summed E-state index contributed by atoms with van der Waals surface area (Å²) in [5, 5.41) is 15.5. The molecule has 1 aromatic heterocycles. The van der Waals surface area contributed by atoms with Crippen molar-refractivity contribution in [3.8, 4) is 0 Å². The fourth-order valence-electron chi connectivity index (χ4n) is 2.09. The van der Waals surface area contributed by atoms with Crippen molar-refractivity contribution in [2.45, 2.75) is 38.8 Å². The highest BCUT2D eigenvalue weighted by Gasteiger charge is 2.15. The first-order valence-electron chi connectivity index (χ1n) is 6.59. The van der Waals surface area contributed by atoms with Crippen LogP contribution in [0.1, 0.15) is 24.7 Å². The topological polar surface area (TPSA) is 50.9 Å². The van der Waals surface area contributed by atoms with Gasteiger partial charge in [0.05, 0.1) is 6.10 Å². The van der Waals surface area contributed by atoms with Gasteiger partial charge in [-0.15, -0.1) is 0 Å². The average molecular weight is 314 g/mol. The number of rotatable bonds is 6. The van der Waals surface area contributed by atoms with Crippen LogP contribution in [0.25, 0.3) is 0 Å². The predicted octanol–water partition coefficient (Wildman–Crippen LogP) is 3.14. The van der Waals surface area contributed by atoms with Gasteiger partial charge in [0.1, 0.15) is 12.2 Å². The van der Waals surface area contributed by atoms with Crippen LogP contribution in [-0.4, -0.2) is 26.0 Å². The first-order valence-corrected chi connectivity index (χ1v) is 7.35. The van der Waals surface area contributed by atoms with Gasteiger partial charge in [-0.1, -0.05) is 36.2 Å². The number of aryl methyl sites for hydroxylation is 1. The molecule has 20 heavy (non-hydrogen) atoms. The van der Waals surface area contributed by atoms with E-state index in [9.17, 15) is 5.11 Å². The van der Waals surface area contributed by atoms with Crippen LogP contribution in [0, 0.1) is 0 Å². The number of aliphatic hydroxyl groups is 1. The maximum atomic E-state index is 10.2. The van der Waals surface area contributed by atoms with E-state index in [0.29, 0.717) is 22.9 Å². The van der Waals surface area contributed by atoms with Crippen LogP contribution in [-0.2, 0) is 19.4 Å². The molecule has 1 atom stereocenters. The Kier molecular flexibility index (Phi) is 5.40. The highest BCUT2D eigenvalue weighted by atomic mass is 35.5. The highest BCUT2D eigenvalue weighted by Crippen LogP contribution is 2.26. The Balaban J connectivity index is 2.05. The predicted molar refractivity (Wildman–Crippen MR) is 80.2 cm³/mol. The lowest BCUT2D eigenvalue weighted by atomic mass is 10.1. The van der Waals surface area contributed by atoms with E-state index >= 15 is 0 Å². The zero-order valence-corrected chi connectivity index (χ0v) is 12.8. The number of aromatic nitrogens is 3. The van der Waals surface area contributed by atoms with Gasteiger partial charge in [0.2, 0.25) is 0 Å². The summed E-state index contributed by atoms with van der Waals surface area (Å²) in [7, 11) is 0. The molecule has 2 rings (SSSR count). The maximum absolute atomic E-state index is 10.2. The van der Waals surface area contributed by atoms with Crippen molar-refractivity contribution in [3.05, 3.63) is 46.0 Å². The largest absolute Gasteiger partial charge is 0.392 e. The summed E-state index contributed by atoms with van der Waals surface area (Å²) >= 11 is 12.2. The van der Waals surface area contributed by atoms with Gasteiger partial charge in [0.25, 0.3) is 0 Å². The van der Waals surface area contributed by atoms with Crippen molar-refractivity contribution in [3.63, 3.8) is 0 Å². The monoisotopic (exact) mass is 313 g/mol. The van der Waals surface area contributed by atoms with Gasteiger partial charge >= 0.3 is 0 Å². The standard InChI is InChI=1S/C14H17Cl2N3O/c1-2-6-19-14(17-9-18-19)8-10(20)7-11-12(15)4-3-5-13(11)16/h3-5,9-10,20H,2,6-8H2,1H3. The molecule has 0 saturated carbocycles. The van der Waals surface area contributed by atoms with Gasteiger partial charge in [-0.3, -0.25) is 4.68 Å². The molecule has 0 saturated heterocycles. The molecule has 6 heteroatoms. The van der Waals surface area contributed by atoms with Crippen molar-refractivity contribution in [1.82, 2.24) is 14.8 Å². The third kappa shape index (κ3) is 3.72. The molecule has 0 fully saturated rings. The van der Waals surface area contributed by atoms with Crippen molar-refractivity contribution >= 4 is 23.2 Å². The van der Waals surface area contributed by atoms with E-state index in [1.54, 1.807) is 18.2 Å². The van der Waals surface area contributed by atoms with Crippen molar-refractivity contribution in [1.29, 1.82) is 0 Å². The van der Waals surface area contributed by atoms with Crippen LogP contribution in [0.2, 0.25) is 10.0 Å². The van der Waals surface area contributed by atoms with Crippen molar-refractivity contribution < 1.29 is 5.11 Å². The molecule has 108 valence electrons. The lowest BCUT2D eigenvalue weighted by Crippen LogP contribution is -2.18. The summed E-state index contributed by atoms with van der Waals surface area (Å²) in [6.45, 7) is 2.88. The highest BCUT2D eigenvalue weighted by molar-refractivity contribution is 6.35. The van der Waals surface area contributed by atoms with E-state index < -0.39 is 6.10 Å². The number of hydrogen-bond acceptors (Lipinski definition) is 3. The van der Waals surface area contributed by atoms with Gasteiger partial charge in [0.15, 0.2) is 0 Å². The van der Waals surface area contributed by atoms with Gasteiger partial charge in [-0.25, -0.2) is 4.98 Å². The molecule has 1 aromatic carbocycles. The summed E-state index contributed by atoms with van der Waals surface area (Å²) in [6.07, 6.45) is 2.73. The van der Waals surface area contributed by atoms with Crippen molar-refractivity contribution in [2.75, 3.05) is 0 Å². The van der Waals surface area contributed by atoms with Crippen molar-refractivity contribution in [2.24, 2.45) is 0 Å². The summed E-state index contributed by atoms with van der Waals surface area (Å²) in [6, 6.07) is 5.34. The first kappa shape index (κ1) is 15.3. The van der Waals surface area contributed by atoms with E-state index in [2.05, 4.69) is 17.0 Å². The Bertz CT molecular complexity index is 551. The Morgan fingerprint density at radius 1 is 1.25 bits per heavy atom. The molecule has 1 heterocycles. The number of hydrogen-bond donors (Lipinski definition) is 1. The fourth-order valence-corrected chi connectivity index (χ4v) is 2.64. The lowest BCUT2D eigenvalue weighted by Gasteiger charge is -2.13. The Labute approximate surface area is 128 Å². The lowest BCUT2D eigenvalue weighted by molar-refractivity contribution is 0.171. The molecular formula is C14H17Cl2N3O. The molecule has 2 aromatic rings. The van der Waals surface area contributed by atoms with E-state index in [0.717, 1.165) is 24.4 Å². The number of benzene rings is 1. The molecule has 0 radical (unpaired) electrons. The minimum Gasteiger partial charge on any atom is -0.392 e. The van der Waals surface area contributed by atoms with Gasteiger partial charge in [0, 0.05) is 29.4 Å². The second kappa shape index (κ2) is 7.07. The zero-order chi connectivity index (χ0) is 14.5. The normalized spacial score (nSPS) is 12.6. The van der Waals surface area contributed by atoms with E-state index in [1.165, 1.54) is 6.33 Å². The van der Waals surface area contributed by atoms with E-state index in [4.69, 9.17) is 23.2 Å². The second-order valence-corrected chi connectivity index (χ2v) is 5.48. The second-order valence-electron chi connectivity index (χ2n) is 4.66. The quantitative estimate of drug-likeness (QED) is 0.891. The van der Waals surface area contributed by atoms with Gasteiger partial charge < -0.3 is 5.11 Å². The molecule has 0 aliphatic heterocycles. The molecule has 0 aliphatic carbocycles. The summed E-state index contributed by atoms with van der Waals surface area (Å²) in [5.74, 6) is 0.780. The molecular weight excluding hydrogens is 297 g/mol.